The number of carbonyl (C=O) groups excluding carboxylic acids is 1. The lowest BCUT2D eigenvalue weighted by Gasteiger charge is -2.45. The summed E-state index contributed by atoms with van der Waals surface area (Å²) < 4.78 is 10.4. The van der Waals surface area contributed by atoms with Crippen LogP contribution in [0.15, 0.2) is 30.3 Å². The fraction of sp³-hybridized carbons (Fsp3) is 0.667. The zero-order chi connectivity index (χ0) is 22.0. The van der Waals surface area contributed by atoms with Crippen molar-refractivity contribution >= 4 is 6.09 Å². The van der Waals surface area contributed by atoms with Crippen molar-refractivity contribution in [3.63, 3.8) is 0 Å². The van der Waals surface area contributed by atoms with Crippen LogP contribution < -0.4 is 5.32 Å². The van der Waals surface area contributed by atoms with Crippen LogP contribution in [0.25, 0.3) is 0 Å². The Bertz CT molecular complexity index is 629. The van der Waals surface area contributed by atoms with Crippen LogP contribution in [0.1, 0.15) is 44.1 Å². The van der Waals surface area contributed by atoms with Gasteiger partial charge in [0.1, 0.15) is 31.0 Å². The molecular formula is C21H33NO8. The van der Waals surface area contributed by atoms with Gasteiger partial charge in [0.05, 0.1) is 6.61 Å². The largest absolute Gasteiger partial charge is 0.445 e. The summed E-state index contributed by atoms with van der Waals surface area (Å²) in [7, 11) is 0. The van der Waals surface area contributed by atoms with Gasteiger partial charge in [-0.15, -0.1) is 0 Å². The molecule has 5 atom stereocenters. The number of carbonyl (C=O) groups is 1. The maximum Gasteiger partial charge on any atom is 0.407 e. The Morgan fingerprint density at radius 1 is 1.03 bits per heavy atom. The van der Waals surface area contributed by atoms with Crippen molar-refractivity contribution in [1.82, 2.24) is 5.32 Å². The molecule has 0 unspecified atom stereocenters. The maximum absolute atomic E-state index is 11.6. The van der Waals surface area contributed by atoms with Gasteiger partial charge in [0.25, 0.3) is 0 Å². The number of aliphatic hydroxyl groups is 5. The van der Waals surface area contributed by atoms with E-state index in [1.807, 2.05) is 30.3 Å². The molecule has 1 aromatic carbocycles. The molecule has 30 heavy (non-hydrogen) atoms. The number of benzene rings is 1. The van der Waals surface area contributed by atoms with E-state index in [0.717, 1.165) is 31.2 Å². The molecule has 1 saturated heterocycles. The number of hydrogen-bond acceptors (Lipinski definition) is 8. The van der Waals surface area contributed by atoms with Gasteiger partial charge in [-0.2, -0.15) is 0 Å². The Morgan fingerprint density at radius 2 is 1.70 bits per heavy atom. The highest BCUT2D eigenvalue weighted by atomic mass is 16.7. The van der Waals surface area contributed by atoms with E-state index in [-0.39, 0.29) is 13.0 Å². The van der Waals surface area contributed by atoms with Crippen molar-refractivity contribution in [2.75, 3.05) is 13.2 Å². The van der Waals surface area contributed by atoms with Crippen molar-refractivity contribution in [2.24, 2.45) is 0 Å². The summed E-state index contributed by atoms with van der Waals surface area (Å²) in [5.41, 5.74) is 0.925. The van der Waals surface area contributed by atoms with Gasteiger partial charge in [0, 0.05) is 13.0 Å². The summed E-state index contributed by atoms with van der Waals surface area (Å²) in [5, 5.41) is 51.9. The Labute approximate surface area is 176 Å². The Hall–Kier alpha value is -1.75. The number of unbranched alkanes of at least 4 members (excludes halogenated alkanes) is 4. The number of rotatable bonds is 11. The number of alkyl carbamates (subject to hydrolysis) is 1. The van der Waals surface area contributed by atoms with Crippen molar-refractivity contribution in [2.45, 2.75) is 75.3 Å². The first-order valence-electron chi connectivity index (χ1n) is 10.4. The van der Waals surface area contributed by atoms with E-state index in [4.69, 9.17) is 9.47 Å². The minimum Gasteiger partial charge on any atom is -0.445 e. The number of aliphatic hydroxyl groups excluding tert-OH is 4. The Kier molecular flexibility index (Phi) is 9.96. The zero-order valence-electron chi connectivity index (χ0n) is 17.0. The lowest BCUT2D eigenvalue weighted by Crippen LogP contribution is -2.65. The van der Waals surface area contributed by atoms with Crippen LogP contribution in [0.4, 0.5) is 4.79 Å². The lowest BCUT2D eigenvalue weighted by atomic mass is 9.89. The normalized spacial score (nSPS) is 28.8. The van der Waals surface area contributed by atoms with Crippen molar-refractivity contribution < 1.29 is 39.8 Å². The third-order valence-corrected chi connectivity index (χ3v) is 5.25. The summed E-state index contributed by atoms with van der Waals surface area (Å²) in [5.74, 6) is -2.00. The summed E-state index contributed by atoms with van der Waals surface area (Å²) in [6.45, 7) is 0.155. The monoisotopic (exact) mass is 427 g/mol. The van der Waals surface area contributed by atoms with E-state index in [1.54, 1.807) is 0 Å². The van der Waals surface area contributed by atoms with Crippen molar-refractivity contribution in [3.8, 4) is 0 Å². The van der Waals surface area contributed by atoms with E-state index in [9.17, 15) is 30.3 Å². The Morgan fingerprint density at radius 3 is 2.40 bits per heavy atom. The predicted molar refractivity (Wildman–Crippen MR) is 107 cm³/mol. The minimum absolute atomic E-state index is 0.0680. The van der Waals surface area contributed by atoms with Gasteiger partial charge < -0.3 is 40.3 Å². The third kappa shape index (κ3) is 7.19. The molecule has 6 N–H and O–H groups in total. The van der Waals surface area contributed by atoms with Crippen LogP contribution in [-0.4, -0.2) is 75.0 Å². The molecule has 0 bridgehead atoms. The number of nitrogens with one attached hydrogen (secondary N) is 1. The molecule has 9 heteroatoms. The third-order valence-electron chi connectivity index (χ3n) is 5.25. The van der Waals surface area contributed by atoms with Gasteiger partial charge in [-0.25, -0.2) is 4.79 Å². The van der Waals surface area contributed by atoms with Crippen molar-refractivity contribution in [1.29, 1.82) is 0 Å². The maximum atomic E-state index is 11.6. The van der Waals surface area contributed by atoms with Gasteiger partial charge in [-0.1, -0.05) is 49.6 Å². The smallest absolute Gasteiger partial charge is 0.407 e. The Balaban J connectivity index is 1.53. The molecule has 2 rings (SSSR count). The number of ether oxygens (including phenoxy) is 2. The fourth-order valence-electron chi connectivity index (χ4n) is 3.43. The van der Waals surface area contributed by atoms with E-state index >= 15 is 0 Å². The molecule has 0 saturated carbocycles. The highest BCUT2D eigenvalue weighted by molar-refractivity contribution is 5.67. The molecule has 1 fully saturated rings. The van der Waals surface area contributed by atoms with E-state index in [1.165, 1.54) is 0 Å². The van der Waals surface area contributed by atoms with Gasteiger partial charge >= 0.3 is 6.09 Å². The minimum atomic E-state index is -2.00. The second kappa shape index (κ2) is 12.2. The van der Waals surface area contributed by atoms with Crippen LogP contribution in [0.5, 0.6) is 0 Å². The quantitative estimate of drug-likeness (QED) is 0.278. The molecule has 0 spiro atoms. The van der Waals surface area contributed by atoms with E-state index in [2.05, 4.69) is 5.32 Å². The topological polar surface area (TPSA) is 149 Å². The molecule has 0 aromatic heterocycles. The average molecular weight is 427 g/mol. The van der Waals surface area contributed by atoms with Crippen LogP contribution >= 0.6 is 0 Å². The first kappa shape index (κ1) is 24.5. The standard InChI is InChI=1S/C21H33NO8/c23-13-16-17(24)18(25)19(26)21(28,30-16)11-7-2-1-3-8-12-22-20(27)29-14-15-9-5-4-6-10-15/h4-6,9-10,16-19,23-26,28H,1-3,7-8,11-14H2,(H,22,27)/t16-,17-,18+,19+,21+/m1/s1. The molecule has 1 aliphatic rings. The molecule has 170 valence electrons. The molecule has 0 aliphatic carbocycles. The highest BCUT2D eigenvalue weighted by Gasteiger charge is 2.51. The molecule has 1 amide bonds. The van der Waals surface area contributed by atoms with Crippen LogP contribution in [-0.2, 0) is 16.1 Å². The number of hydrogen-bond donors (Lipinski definition) is 6. The highest BCUT2D eigenvalue weighted by Crippen LogP contribution is 2.32. The lowest BCUT2D eigenvalue weighted by molar-refractivity contribution is -0.351. The van der Waals surface area contributed by atoms with Gasteiger partial charge in [0.15, 0.2) is 5.79 Å². The second-order valence-corrected chi connectivity index (χ2v) is 7.62. The molecule has 1 aromatic rings. The first-order chi connectivity index (χ1) is 14.4. The molecular weight excluding hydrogens is 394 g/mol. The fourth-order valence-corrected chi connectivity index (χ4v) is 3.43. The zero-order valence-corrected chi connectivity index (χ0v) is 17.0. The summed E-state index contributed by atoms with van der Waals surface area (Å²) >= 11 is 0. The van der Waals surface area contributed by atoms with Gasteiger partial charge in [-0.3, -0.25) is 0 Å². The molecule has 0 radical (unpaired) electrons. The van der Waals surface area contributed by atoms with Crippen LogP contribution in [0.3, 0.4) is 0 Å². The summed E-state index contributed by atoms with van der Waals surface area (Å²) in [6, 6.07) is 9.43. The molecule has 1 aliphatic heterocycles. The van der Waals surface area contributed by atoms with E-state index in [0.29, 0.717) is 13.0 Å². The van der Waals surface area contributed by atoms with Gasteiger partial charge in [0.2, 0.25) is 0 Å². The molecule has 1 heterocycles. The average Bonchev–Trinajstić information content (AvgIpc) is 2.76. The molecule has 9 nitrogen and oxygen atoms in total. The SMILES string of the molecule is O=C(NCCCCCCC[C@]1(O)O[C@H](CO)[C@@H](O)[C@H](O)[C@@H]1O)OCc1ccccc1. The number of amides is 1. The summed E-state index contributed by atoms with van der Waals surface area (Å²) in [4.78, 5) is 11.6. The predicted octanol–water partition coefficient (Wildman–Crippen LogP) is 0.416. The van der Waals surface area contributed by atoms with Gasteiger partial charge in [-0.05, 0) is 18.4 Å². The second-order valence-electron chi connectivity index (χ2n) is 7.62. The van der Waals surface area contributed by atoms with Crippen LogP contribution in [0, 0.1) is 0 Å². The first-order valence-corrected chi connectivity index (χ1v) is 10.4. The van der Waals surface area contributed by atoms with E-state index < -0.39 is 42.9 Å². The van der Waals surface area contributed by atoms with Crippen molar-refractivity contribution in [3.05, 3.63) is 35.9 Å². The summed E-state index contributed by atoms with van der Waals surface area (Å²) in [6.07, 6.45) is -2.47. The van der Waals surface area contributed by atoms with Crippen LogP contribution in [0.2, 0.25) is 0 Å².